The zero-order valence-electron chi connectivity index (χ0n) is 18.1. The van der Waals surface area contributed by atoms with Crippen LogP contribution < -0.4 is 4.90 Å². The summed E-state index contributed by atoms with van der Waals surface area (Å²) in [5.41, 5.74) is -0.740. The Labute approximate surface area is 205 Å². The normalized spacial score (nSPS) is 33.2. The highest BCUT2D eigenvalue weighted by Crippen LogP contribution is 2.60. The van der Waals surface area contributed by atoms with E-state index in [0.29, 0.717) is 23.6 Å². The molecule has 3 aliphatic rings. The van der Waals surface area contributed by atoms with Crippen LogP contribution in [0.4, 0.5) is 5.69 Å². The SMILES string of the molecule is C=CCN(C(=O)C1N([C@@H](CC)CO)C(=O)[C@@H]2[C@@H](C(=O)O)[C@@H]3OC12CC3Br)c1ccc(Cl)cc1. The summed E-state index contributed by atoms with van der Waals surface area (Å²) < 4.78 is 6.26. The van der Waals surface area contributed by atoms with Gasteiger partial charge >= 0.3 is 5.97 Å². The van der Waals surface area contributed by atoms with Crippen LogP contribution in [-0.4, -0.2) is 74.7 Å². The molecule has 0 radical (unpaired) electrons. The second kappa shape index (κ2) is 9.02. The van der Waals surface area contributed by atoms with E-state index in [2.05, 4.69) is 22.5 Å². The van der Waals surface area contributed by atoms with Gasteiger partial charge in [-0.1, -0.05) is 40.5 Å². The van der Waals surface area contributed by atoms with Crippen molar-refractivity contribution in [3.63, 3.8) is 0 Å². The number of amides is 2. The first-order valence-electron chi connectivity index (χ1n) is 10.9. The summed E-state index contributed by atoms with van der Waals surface area (Å²) in [7, 11) is 0. The number of alkyl halides is 1. The number of nitrogens with zero attached hydrogens (tertiary/aromatic N) is 2. The van der Waals surface area contributed by atoms with Gasteiger partial charge in [-0.2, -0.15) is 0 Å². The van der Waals surface area contributed by atoms with E-state index in [-0.39, 0.29) is 18.0 Å². The molecule has 2 bridgehead atoms. The Kier molecular flexibility index (Phi) is 6.61. The van der Waals surface area contributed by atoms with Crippen molar-refractivity contribution >= 4 is 51.0 Å². The van der Waals surface area contributed by atoms with Crippen LogP contribution in [0.15, 0.2) is 36.9 Å². The van der Waals surface area contributed by atoms with E-state index < -0.39 is 53.4 Å². The highest BCUT2D eigenvalue weighted by atomic mass is 79.9. The van der Waals surface area contributed by atoms with Crippen molar-refractivity contribution in [1.82, 2.24) is 4.90 Å². The molecule has 7 atom stereocenters. The second-order valence-electron chi connectivity index (χ2n) is 8.71. The van der Waals surface area contributed by atoms with Gasteiger partial charge in [0.25, 0.3) is 5.91 Å². The summed E-state index contributed by atoms with van der Waals surface area (Å²) in [5, 5.41) is 20.5. The molecule has 33 heavy (non-hydrogen) atoms. The van der Waals surface area contributed by atoms with Crippen molar-refractivity contribution in [2.75, 3.05) is 18.1 Å². The van der Waals surface area contributed by atoms with Gasteiger partial charge in [0.15, 0.2) is 0 Å². The van der Waals surface area contributed by atoms with E-state index in [1.165, 1.54) is 9.80 Å². The molecular formula is C23H26BrClN2O6. The number of carbonyl (C=O) groups excluding carboxylic acids is 2. The molecule has 0 saturated carbocycles. The van der Waals surface area contributed by atoms with Crippen LogP contribution in [0.2, 0.25) is 5.02 Å². The average molecular weight is 542 g/mol. The van der Waals surface area contributed by atoms with E-state index in [1.807, 2.05) is 6.92 Å². The first-order chi connectivity index (χ1) is 15.7. The Morgan fingerprint density at radius 3 is 2.64 bits per heavy atom. The largest absolute Gasteiger partial charge is 0.481 e. The molecule has 1 aromatic rings. The highest BCUT2D eigenvalue weighted by molar-refractivity contribution is 9.09. The maximum atomic E-state index is 14.1. The van der Waals surface area contributed by atoms with Crippen molar-refractivity contribution in [2.24, 2.45) is 11.8 Å². The molecular weight excluding hydrogens is 516 g/mol. The third kappa shape index (κ3) is 3.60. The standard InChI is InChI=1S/C23H26BrClN2O6/c1-3-9-26(14-7-5-12(25)6-8-14)21(30)19-23-10-15(24)18(33-23)16(22(31)32)17(23)20(29)27(19)13(4-2)11-28/h3,5-8,13,15-19,28H,1,4,9-11H2,2H3,(H,31,32)/t13-,15?,16+,17-,18+,19?,23?/m0/s1. The number of hydrogen-bond donors (Lipinski definition) is 2. The fraction of sp³-hybridized carbons (Fsp3) is 0.522. The first-order valence-corrected chi connectivity index (χ1v) is 12.2. The minimum atomic E-state index is -1.30. The third-order valence-corrected chi connectivity index (χ3v) is 8.13. The number of carboxylic acid groups (broad SMARTS) is 1. The topological polar surface area (TPSA) is 107 Å². The lowest BCUT2D eigenvalue weighted by molar-refractivity contribution is -0.150. The molecule has 3 unspecified atom stereocenters. The second-order valence-corrected chi connectivity index (χ2v) is 10.3. The molecule has 1 aromatic carbocycles. The number of ether oxygens (including phenoxy) is 1. The van der Waals surface area contributed by atoms with Crippen LogP contribution in [-0.2, 0) is 19.1 Å². The summed E-state index contributed by atoms with van der Waals surface area (Å²) in [6.07, 6.45) is 1.57. The number of likely N-dealkylation sites (tertiary alicyclic amines) is 1. The first kappa shape index (κ1) is 24.2. The van der Waals surface area contributed by atoms with E-state index in [4.69, 9.17) is 16.3 Å². The van der Waals surface area contributed by atoms with E-state index >= 15 is 0 Å². The van der Waals surface area contributed by atoms with Crippen molar-refractivity contribution in [2.45, 2.75) is 48.4 Å². The number of rotatable bonds is 8. The number of aliphatic carboxylic acids is 1. The summed E-state index contributed by atoms with van der Waals surface area (Å²) in [5.74, 6) is -4.07. The van der Waals surface area contributed by atoms with Crippen LogP contribution in [0.5, 0.6) is 0 Å². The molecule has 3 fully saturated rings. The molecule has 3 aliphatic heterocycles. The molecule has 2 N–H and O–H groups in total. The van der Waals surface area contributed by atoms with Gasteiger partial charge in [0.1, 0.15) is 11.6 Å². The average Bonchev–Trinajstić information content (AvgIpc) is 3.37. The monoisotopic (exact) mass is 540 g/mol. The lowest BCUT2D eigenvalue weighted by Crippen LogP contribution is -2.59. The Bertz CT molecular complexity index is 970. The van der Waals surface area contributed by atoms with Crippen LogP contribution in [0.1, 0.15) is 19.8 Å². The van der Waals surface area contributed by atoms with Crippen LogP contribution in [0.3, 0.4) is 0 Å². The summed E-state index contributed by atoms with van der Waals surface area (Å²) >= 11 is 9.54. The van der Waals surface area contributed by atoms with Crippen molar-refractivity contribution in [1.29, 1.82) is 0 Å². The van der Waals surface area contributed by atoms with Gasteiger partial charge in [-0.3, -0.25) is 14.4 Å². The molecule has 1 spiro atoms. The van der Waals surface area contributed by atoms with Crippen LogP contribution in [0.25, 0.3) is 0 Å². The predicted octanol–water partition coefficient (Wildman–Crippen LogP) is 2.46. The van der Waals surface area contributed by atoms with Crippen LogP contribution >= 0.6 is 27.5 Å². The molecule has 2 amide bonds. The van der Waals surface area contributed by atoms with Gasteiger partial charge in [0.2, 0.25) is 5.91 Å². The van der Waals surface area contributed by atoms with Gasteiger partial charge in [0, 0.05) is 22.1 Å². The van der Waals surface area contributed by atoms with Crippen LogP contribution in [0, 0.1) is 11.8 Å². The lowest BCUT2D eigenvalue weighted by Gasteiger charge is -2.39. The number of carbonyl (C=O) groups is 3. The zero-order valence-corrected chi connectivity index (χ0v) is 20.4. The molecule has 10 heteroatoms. The molecule has 0 aliphatic carbocycles. The summed E-state index contributed by atoms with van der Waals surface area (Å²) in [6.45, 7) is 5.38. The molecule has 8 nitrogen and oxygen atoms in total. The molecule has 4 rings (SSSR count). The molecule has 178 valence electrons. The Morgan fingerprint density at radius 1 is 1.42 bits per heavy atom. The molecule has 3 saturated heterocycles. The minimum absolute atomic E-state index is 0.166. The number of benzene rings is 1. The summed E-state index contributed by atoms with van der Waals surface area (Å²) in [4.78, 5) is 42.5. The number of halogens is 2. The number of hydrogen-bond acceptors (Lipinski definition) is 5. The van der Waals surface area contributed by atoms with Crippen molar-refractivity contribution in [3.8, 4) is 0 Å². The highest BCUT2D eigenvalue weighted by Gasteiger charge is 2.77. The fourth-order valence-electron chi connectivity index (χ4n) is 5.66. The predicted molar refractivity (Wildman–Crippen MR) is 125 cm³/mol. The lowest BCUT2D eigenvalue weighted by atomic mass is 9.70. The van der Waals surface area contributed by atoms with Crippen molar-refractivity contribution in [3.05, 3.63) is 41.9 Å². The molecule has 3 heterocycles. The van der Waals surface area contributed by atoms with Gasteiger partial charge in [-0.15, -0.1) is 6.58 Å². The Morgan fingerprint density at radius 2 is 2.09 bits per heavy atom. The maximum Gasteiger partial charge on any atom is 0.310 e. The fourth-order valence-corrected chi connectivity index (χ4v) is 6.73. The molecule has 0 aromatic heterocycles. The number of aliphatic hydroxyl groups excluding tert-OH is 1. The van der Waals surface area contributed by atoms with E-state index in [0.717, 1.165) is 0 Å². The zero-order chi connectivity index (χ0) is 24.1. The number of carboxylic acids is 1. The minimum Gasteiger partial charge on any atom is -0.481 e. The van der Waals surface area contributed by atoms with Gasteiger partial charge in [0.05, 0.1) is 30.6 Å². The summed E-state index contributed by atoms with van der Waals surface area (Å²) in [6, 6.07) is 4.99. The van der Waals surface area contributed by atoms with Gasteiger partial charge < -0.3 is 24.7 Å². The smallest absolute Gasteiger partial charge is 0.310 e. The van der Waals surface area contributed by atoms with Gasteiger partial charge in [-0.25, -0.2) is 0 Å². The number of fused-ring (bicyclic) bond motifs is 1. The maximum absolute atomic E-state index is 14.1. The number of anilines is 1. The van der Waals surface area contributed by atoms with Crippen molar-refractivity contribution < 1.29 is 29.3 Å². The van der Waals surface area contributed by atoms with E-state index in [9.17, 15) is 24.6 Å². The van der Waals surface area contributed by atoms with E-state index in [1.54, 1.807) is 30.3 Å². The Balaban J connectivity index is 1.84. The Hall–Kier alpha value is -1.94. The quantitative estimate of drug-likeness (QED) is 0.387. The van der Waals surface area contributed by atoms with Gasteiger partial charge in [-0.05, 0) is 37.1 Å². The third-order valence-electron chi connectivity index (χ3n) is 7.04. The number of aliphatic hydroxyl groups is 1.